The Balaban J connectivity index is 1.41. The second-order valence-corrected chi connectivity index (χ2v) is 8.98. The van der Waals surface area contributed by atoms with Crippen molar-refractivity contribution in [3.8, 4) is 0 Å². The number of piperidine rings is 2. The first-order chi connectivity index (χ1) is 15.0. The first-order valence-electron chi connectivity index (χ1n) is 11.2. The molecule has 1 atom stereocenters. The number of nitrogens with zero attached hydrogens (tertiary/aromatic N) is 2. The molecule has 0 saturated carbocycles. The van der Waals surface area contributed by atoms with Crippen LogP contribution in [-0.2, 0) is 0 Å². The largest absolute Gasteiger partial charge is 0.371 e. The molecule has 31 heavy (non-hydrogen) atoms. The van der Waals surface area contributed by atoms with Crippen LogP contribution in [0.15, 0.2) is 48.5 Å². The minimum absolute atomic E-state index is 0.102. The Kier molecular flexibility index (Phi) is 6.81. The fourth-order valence-electron chi connectivity index (χ4n) is 4.66. The number of amides is 2. The highest BCUT2D eigenvalue weighted by atomic mass is 35.5. The summed E-state index contributed by atoms with van der Waals surface area (Å²) in [4.78, 5) is 30.2. The van der Waals surface area contributed by atoms with Gasteiger partial charge >= 0.3 is 0 Å². The average molecular weight is 440 g/mol. The van der Waals surface area contributed by atoms with Crippen LogP contribution in [0.5, 0.6) is 0 Å². The number of carbonyl (C=O) groups is 2. The number of carbonyl (C=O) groups excluding carboxylic acids is 2. The molecule has 2 fully saturated rings. The van der Waals surface area contributed by atoms with Gasteiger partial charge in [0.1, 0.15) is 0 Å². The molecule has 2 heterocycles. The van der Waals surface area contributed by atoms with Crippen LogP contribution in [0.25, 0.3) is 0 Å². The van der Waals surface area contributed by atoms with Crippen molar-refractivity contribution in [1.82, 2.24) is 10.2 Å². The first kappa shape index (κ1) is 21.7. The Bertz CT molecular complexity index is 940. The summed E-state index contributed by atoms with van der Waals surface area (Å²) in [7, 11) is 0. The minimum atomic E-state index is -0.126. The van der Waals surface area contributed by atoms with Crippen LogP contribution in [0.2, 0.25) is 5.02 Å². The lowest BCUT2D eigenvalue weighted by molar-refractivity contribution is 0.0636. The molecule has 1 N–H and O–H groups in total. The smallest absolute Gasteiger partial charge is 0.256 e. The first-order valence-corrected chi connectivity index (χ1v) is 11.6. The quantitative estimate of drug-likeness (QED) is 0.747. The lowest BCUT2D eigenvalue weighted by Crippen LogP contribution is -2.46. The molecule has 0 bridgehead atoms. The van der Waals surface area contributed by atoms with Crippen LogP contribution < -0.4 is 10.2 Å². The van der Waals surface area contributed by atoms with E-state index in [1.54, 1.807) is 12.1 Å². The number of benzene rings is 2. The van der Waals surface area contributed by atoms with Gasteiger partial charge in [0.05, 0.1) is 16.1 Å². The van der Waals surface area contributed by atoms with Gasteiger partial charge in [-0.3, -0.25) is 9.59 Å². The molecule has 2 amide bonds. The number of anilines is 1. The second kappa shape index (κ2) is 9.73. The standard InChI is InChI=1S/C25H30ClN3O2/c1-18-8-6-7-15-29(18)25(31)21-10-3-5-12-23(21)28-16-13-19(14-17-28)27-24(30)20-9-2-4-11-22(20)26/h2-5,9-12,18-19H,6-8,13-17H2,1H3,(H,27,30). The zero-order chi connectivity index (χ0) is 21.8. The van der Waals surface area contributed by atoms with Crippen LogP contribution >= 0.6 is 11.6 Å². The number of likely N-dealkylation sites (tertiary alicyclic amines) is 1. The summed E-state index contributed by atoms with van der Waals surface area (Å²) in [5.41, 5.74) is 2.30. The highest BCUT2D eigenvalue weighted by molar-refractivity contribution is 6.33. The van der Waals surface area contributed by atoms with Crippen molar-refractivity contribution in [3.05, 3.63) is 64.7 Å². The van der Waals surface area contributed by atoms with E-state index in [0.29, 0.717) is 16.6 Å². The van der Waals surface area contributed by atoms with Gasteiger partial charge in [0.25, 0.3) is 11.8 Å². The lowest BCUT2D eigenvalue weighted by Gasteiger charge is -2.37. The van der Waals surface area contributed by atoms with E-state index < -0.39 is 0 Å². The van der Waals surface area contributed by atoms with E-state index in [4.69, 9.17) is 11.6 Å². The molecule has 1 unspecified atom stereocenters. The number of hydrogen-bond acceptors (Lipinski definition) is 3. The van der Waals surface area contributed by atoms with Crippen molar-refractivity contribution < 1.29 is 9.59 Å². The fourth-order valence-corrected chi connectivity index (χ4v) is 4.88. The molecule has 2 saturated heterocycles. The number of nitrogens with one attached hydrogen (secondary N) is 1. The summed E-state index contributed by atoms with van der Waals surface area (Å²) in [6.07, 6.45) is 5.01. The van der Waals surface area contributed by atoms with Gasteiger partial charge < -0.3 is 15.1 Å². The molecule has 2 aromatic rings. The molecule has 0 aliphatic carbocycles. The van der Waals surface area contributed by atoms with Crippen LogP contribution in [-0.4, -0.2) is 48.4 Å². The third kappa shape index (κ3) is 4.87. The highest BCUT2D eigenvalue weighted by Crippen LogP contribution is 2.28. The van der Waals surface area contributed by atoms with E-state index in [2.05, 4.69) is 17.1 Å². The number of halogens is 1. The summed E-state index contributed by atoms with van der Waals surface area (Å²) in [5, 5.41) is 3.59. The van der Waals surface area contributed by atoms with Crippen molar-refractivity contribution in [1.29, 1.82) is 0 Å². The van der Waals surface area contributed by atoms with Crippen LogP contribution in [0.3, 0.4) is 0 Å². The summed E-state index contributed by atoms with van der Waals surface area (Å²) in [5.74, 6) is 0.00987. The van der Waals surface area contributed by atoms with Gasteiger partial charge in [0, 0.05) is 37.4 Å². The zero-order valence-electron chi connectivity index (χ0n) is 18.0. The van der Waals surface area contributed by atoms with E-state index in [9.17, 15) is 9.59 Å². The van der Waals surface area contributed by atoms with Crippen molar-refractivity contribution in [2.24, 2.45) is 0 Å². The van der Waals surface area contributed by atoms with Crippen LogP contribution in [0.1, 0.15) is 59.7 Å². The van der Waals surface area contributed by atoms with Crippen molar-refractivity contribution in [2.75, 3.05) is 24.5 Å². The Morgan fingerprint density at radius 2 is 1.58 bits per heavy atom. The molecule has 164 valence electrons. The normalized spacial score (nSPS) is 19.9. The van der Waals surface area contributed by atoms with E-state index in [1.165, 1.54) is 6.42 Å². The Morgan fingerprint density at radius 3 is 2.29 bits per heavy atom. The van der Waals surface area contributed by atoms with E-state index in [0.717, 1.165) is 56.6 Å². The van der Waals surface area contributed by atoms with Gasteiger partial charge in [-0.05, 0) is 63.3 Å². The maximum absolute atomic E-state index is 13.3. The van der Waals surface area contributed by atoms with Gasteiger partial charge in [-0.25, -0.2) is 0 Å². The van der Waals surface area contributed by atoms with Gasteiger partial charge in [0.2, 0.25) is 0 Å². The van der Waals surface area contributed by atoms with E-state index >= 15 is 0 Å². The van der Waals surface area contributed by atoms with Gasteiger partial charge in [-0.1, -0.05) is 35.9 Å². The third-order valence-corrected chi connectivity index (χ3v) is 6.82. The second-order valence-electron chi connectivity index (χ2n) is 8.58. The Morgan fingerprint density at radius 1 is 0.903 bits per heavy atom. The number of para-hydroxylation sites is 1. The molecule has 0 spiro atoms. The minimum Gasteiger partial charge on any atom is -0.371 e. The topological polar surface area (TPSA) is 52.7 Å². The monoisotopic (exact) mass is 439 g/mol. The molecule has 2 aromatic carbocycles. The van der Waals surface area contributed by atoms with E-state index in [1.807, 2.05) is 41.3 Å². The SMILES string of the molecule is CC1CCCCN1C(=O)c1ccccc1N1CCC(NC(=O)c2ccccc2Cl)CC1. The molecule has 0 radical (unpaired) electrons. The predicted molar refractivity (Wildman–Crippen MR) is 125 cm³/mol. The van der Waals surface area contributed by atoms with Crippen LogP contribution in [0, 0.1) is 0 Å². The molecular formula is C25H30ClN3O2. The molecule has 2 aliphatic heterocycles. The Hall–Kier alpha value is -2.53. The fraction of sp³-hybridized carbons (Fsp3) is 0.440. The maximum atomic E-state index is 13.3. The number of rotatable bonds is 4. The molecule has 4 rings (SSSR count). The van der Waals surface area contributed by atoms with Gasteiger partial charge in [-0.2, -0.15) is 0 Å². The van der Waals surface area contributed by atoms with Crippen molar-refractivity contribution in [3.63, 3.8) is 0 Å². The zero-order valence-corrected chi connectivity index (χ0v) is 18.8. The van der Waals surface area contributed by atoms with Crippen molar-refractivity contribution in [2.45, 2.75) is 51.1 Å². The van der Waals surface area contributed by atoms with Gasteiger partial charge in [0.15, 0.2) is 0 Å². The molecule has 0 aromatic heterocycles. The highest BCUT2D eigenvalue weighted by Gasteiger charge is 2.28. The van der Waals surface area contributed by atoms with Crippen molar-refractivity contribution >= 4 is 29.1 Å². The third-order valence-electron chi connectivity index (χ3n) is 6.49. The maximum Gasteiger partial charge on any atom is 0.256 e. The van der Waals surface area contributed by atoms with Crippen LogP contribution in [0.4, 0.5) is 5.69 Å². The summed E-state index contributed by atoms with van der Waals surface area (Å²) < 4.78 is 0. The van der Waals surface area contributed by atoms with E-state index in [-0.39, 0.29) is 17.9 Å². The summed E-state index contributed by atoms with van der Waals surface area (Å²) >= 11 is 6.16. The predicted octanol–water partition coefficient (Wildman–Crippen LogP) is 4.75. The Labute approximate surface area is 189 Å². The molecular weight excluding hydrogens is 410 g/mol. The summed E-state index contributed by atoms with van der Waals surface area (Å²) in [6, 6.07) is 15.5. The molecule has 2 aliphatic rings. The molecule has 5 nitrogen and oxygen atoms in total. The lowest BCUT2D eigenvalue weighted by atomic mass is 9.99. The number of hydrogen-bond donors (Lipinski definition) is 1. The average Bonchev–Trinajstić information content (AvgIpc) is 2.80. The summed E-state index contributed by atoms with van der Waals surface area (Å²) in [6.45, 7) is 4.58. The molecule has 6 heteroatoms. The van der Waals surface area contributed by atoms with Gasteiger partial charge in [-0.15, -0.1) is 0 Å².